The maximum Gasteiger partial charge on any atom is 0.261 e. The van der Waals surface area contributed by atoms with Crippen LogP contribution in [-0.2, 0) is 18.3 Å². The highest BCUT2D eigenvalue weighted by Gasteiger charge is 2.12. The molecule has 0 atom stereocenters. The van der Waals surface area contributed by atoms with Gasteiger partial charge < -0.3 is 10.1 Å². The van der Waals surface area contributed by atoms with E-state index in [9.17, 15) is 9.59 Å². The highest BCUT2D eigenvalue weighted by Crippen LogP contribution is 2.25. The van der Waals surface area contributed by atoms with Crippen LogP contribution in [0.15, 0.2) is 47.3 Å². The summed E-state index contributed by atoms with van der Waals surface area (Å²) in [5.74, 6) is 1.04. The van der Waals surface area contributed by atoms with E-state index in [1.807, 2.05) is 37.3 Å². The highest BCUT2D eigenvalue weighted by atomic mass is 16.5. The first-order valence-corrected chi connectivity index (χ1v) is 8.38. The third-order valence-electron chi connectivity index (χ3n) is 4.28. The van der Waals surface area contributed by atoms with E-state index < -0.39 is 0 Å². The van der Waals surface area contributed by atoms with Gasteiger partial charge in [0.2, 0.25) is 5.91 Å². The second kappa shape index (κ2) is 7.39. The first-order valence-electron chi connectivity index (χ1n) is 8.38. The van der Waals surface area contributed by atoms with Gasteiger partial charge in [-0.3, -0.25) is 14.2 Å². The molecule has 0 fully saturated rings. The molecule has 134 valence electrons. The van der Waals surface area contributed by atoms with Gasteiger partial charge in [0.25, 0.3) is 5.56 Å². The number of hydrogen-bond donors (Lipinski definition) is 1. The number of anilines is 1. The van der Waals surface area contributed by atoms with Crippen molar-refractivity contribution in [1.29, 1.82) is 0 Å². The van der Waals surface area contributed by atoms with Gasteiger partial charge in [-0.15, -0.1) is 0 Å². The van der Waals surface area contributed by atoms with Crippen LogP contribution in [0.3, 0.4) is 0 Å². The predicted molar refractivity (Wildman–Crippen MR) is 102 cm³/mol. The second-order valence-electron chi connectivity index (χ2n) is 6.16. The molecule has 2 aromatic carbocycles. The number of benzene rings is 2. The monoisotopic (exact) mass is 351 g/mol. The largest absolute Gasteiger partial charge is 0.495 e. The van der Waals surface area contributed by atoms with Crippen molar-refractivity contribution < 1.29 is 9.53 Å². The maximum absolute atomic E-state index is 12.4. The van der Waals surface area contributed by atoms with Crippen LogP contribution in [-0.4, -0.2) is 22.6 Å². The van der Waals surface area contributed by atoms with Gasteiger partial charge in [0.1, 0.15) is 11.6 Å². The zero-order chi connectivity index (χ0) is 18.7. The number of aromatic nitrogens is 2. The lowest BCUT2D eigenvalue weighted by Gasteiger charge is -2.12. The summed E-state index contributed by atoms with van der Waals surface area (Å²) in [6.07, 6.45) is 0.590. The van der Waals surface area contributed by atoms with E-state index in [1.165, 1.54) is 4.57 Å². The molecule has 6 heteroatoms. The van der Waals surface area contributed by atoms with E-state index in [0.717, 1.165) is 5.56 Å². The summed E-state index contributed by atoms with van der Waals surface area (Å²) in [5, 5.41) is 3.44. The second-order valence-corrected chi connectivity index (χ2v) is 6.16. The van der Waals surface area contributed by atoms with E-state index in [4.69, 9.17) is 4.74 Å². The molecule has 0 spiro atoms. The number of hydrogen-bond acceptors (Lipinski definition) is 4. The van der Waals surface area contributed by atoms with Crippen LogP contribution in [0.4, 0.5) is 5.69 Å². The number of amides is 1. The van der Waals surface area contributed by atoms with E-state index in [2.05, 4.69) is 10.3 Å². The molecular weight excluding hydrogens is 330 g/mol. The van der Waals surface area contributed by atoms with Gasteiger partial charge in [-0.05, 0) is 36.8 Å². The molecule has 0 saturated carbocycles. The van der Waals surface area contributed by atoms with Gasteiger partial charge >= 0.3 is 0 Å². The number of fused-ring (bicyclic) bond motifs is 1. The summed E-state index contributed by atoms with van der Waals surface area (Å²) < 4.78 is 6.78. The normalized spacial score (nSPS) is 10.7. The molecule has 0 aliphatic rings. The topological polar surface area (TPSA) is 73.2 Å². The van der Waals surface area contributed by atoms with Crippen LogP contribution >= 0.6 is 0 Å². The minimum absolute atomic E-state index is 0.105. The quantitative estimate of drug-likeness (QED) is 0.767. The van der Waals surface area contributed by atoms with Gasteiger partial charge in [-0.1, -0.05) is 18.2 Å². The minimum atomic E-state index is -0.156. The third kappa shape index (κ3) is 3.59. The summed E-state index contributed by atoms with van der Waals surface area (Å²) in [7, 11) is 3.24. The summed E-state index contributed by atoms with van der Waals surface area (Å²) in [5.41, 5.74) is 2.20. The molecular formula is C20H21N3O3. The first-order chi connectivity index (χ1) is 12.5. The molecule has 1 heterocycles. The fourth-order valence-corrected chi connectivity index (χ4v) is 2.85. The lowest BCUT2D eigenvalue weighted by atomic mass is 10.2. The van der Waals surface area contributed by atoms with Gasteiger partial charge in [0.15, 0.2) is 0 Å². The van der Waals surface area contributed by atoms with Gasteiger partial charge in [-0.2, -0.15) is 0 Å². The fourth-order valence-electron chi connectivity index (χ4n) is 2.85. The Kier molecular flexibility index (Phi) is 5.02. The molecule has 0 saturated heterocycles. The molecule has 6 nitrogen and oxygen atoms in total. The third-order valence-corrected chi connectivity index (χ3v) is 4.28. The number of aryl methyl sites for hydroxylation is 2. The van der Waals surface area contributed by atoms with E-state index >= 15 is 0 Å². The van der Waals surface area contributed by atoms with E-state index in [-0.39, 0.29) is 17.9 Å². The average Bonchev–Trinajstić information content (AvgIpc) is 2.64. The molecule has 0 aliphatic carbocycles. The highest BCUT2D eigenvalue weighted by molar-refractivity contribution is 5.92. The van der Waals surface area contributed by atoms with Crippen molar-refractivity contribution >= 4 is 22.5 Å². The molecule has 26 heavy (non-hydrogen) atoms. The fraction of sp³-hybridized carbons (Fsp3) is 0.250. The Morgan fingerprint density at radius 3 is 2.77 bits per heavy atom. The molecule has 0 unspecified atom stereocenters. The summed E-state index contributed by atoms with van der Waals surface area (Å²) in [6, 6.07) is 12.8. The maximum atomic E-state index is 12.4. The van der Waals surface area contributed by atoms with Crippen molar-refractivity contribution in [2.75, 3.05) is 12.4 Å². The lowest BCUT2D eigenvalue weighted by Crippen LogP contribution is -2.23. The number of methoxy groups -OCH3 is 1. The van der Waals surface area contributed by atoms with Crippen molar-refractivity contribution in [3.63, 3.8) is 0 Å². The van der Waals surface area contributed by atoms with Crippen LogP contribution in [0, 0.1) is 6.92 Å². The average molecular weight is 351 g/mol. The Bertz CT molecular complexity index is 1020. The van der Waals surface area contributed by atoms with Crippen LogP contribution in [0.25, 0.3) is 10.9 Å². The number of rotatable bonds is 5. The summed E-state index contributed by atoms with van der Waals surface area (Å²) in [6.45, 7) is 1.95. The van der Waals surface area contributed by atoms with E-state index in [1.54, 1.807) is 26.3 Å². The zero-order valence-electron chi connectivity index (χ0n) is 15.1. The van der Waals surface area contributed by atoms with Crippen LogP contribution in [0.2, 0.25) is 0 Å². The molecule has 1 N–H and O–H groups in total. The van der Waals surface area contributed by atoms with Crippen molar-refractivity contribution in [1.82, 2.24) is 9.55 Å². The molecule has 0 aliphatic heterocycles. The Hall–Kier alpha value is -3.15. The number of nitrogens with one attached hydrogen (secondary N) is 1. The number of ether oxygens (including phenoxy) is 1. The van der Waals surface area contributed by atoms with E-state index in [0.29, 0.717) is 34.6 Å². The number of nitrogens with zero attached hydrogens (tertiary/aromatic N) is 2. The van der Waals surface area contributed by atoms with Crippen molar-refractivity contribution in [2.45, 2.75) is 19.8 Å². The Morgan fingerprint density at radius 2 is 2.00 bits per heavy atom. The lowest BCUT2D eigenvalue weighted by molar-refractivity contribution is -0.116. The van der Waals surface area contributed by atoms with Crippen molar-refractivity contribution in [3.05, 3.63) is 64.2 Å². The minimum Gasteiger partial charge on any atom is -0.495 e. The summed E-state index contributed by atoms with van der Waals surface area (Å²) >= 11 is 0. The van der Waals surface area contributed by atoms with Gasteiger partial charge in [-0.25, -0.2) is 4.98 Å². The number of para-hydroxylation sites is 1. The Balaban J connectivity index is 1.76. The van der Waals surface area contributed by atoms with Crippen LogP contribution in [0.5, 0.6) is 5.75 Å². The number of carbonyl (C=O) groups excluding carboxylic acids is 1. The molecule has 1 aromatic heterocycles. The molecule has 0 bridgehead atoms. The molecule has 1 amide bonds. The predicted octanol–water partition coefficient (Wildman–Crippen LogP) is 2.82. The summed E-state index contributed by atoms with van der Waals surface area (Å²) in [4.78, 5) is 29.3. The molecule has 3 rings (SSSR count). The Labute approximate surface area is 151 Å². The van der Waals surface area contributed by atoms with Crippen molar-refractivity contribution in [2.24, 2.45) is 7.05 Å². The standard InChI is InChI=1S/C20H21N3O3/c1-13-8-9-17(26-3)16(12-13)22-19(24)11-10-18-21-15-7-5-4-6-14(15)20(25)23(18)2/h4-9,12H,10-11H2,1-3H3,(H,22,24). The first kappa shape index (κ1) is 17.7. The van der Waals surface area contributed by atoms with Gasteiger partial charge in [0, 0.05) is 19.9 Å². The Morgan fingerprint density at radius 1 is 1.23 bits per heavy atom. The van der Waals surface area contributed by atoms with Crippen LogP contribution in [0.1, 0.15) is 17.8 Å². The van der Waals surface area contributed by atoms with Crippen molar-refractivity contribution in [3.8, 4) is 5.75 Å². The number of carbonyl (C=O) groups is 1. The van der Waals surface area contributed by atoms with Gasteiger partial charge in [0.05, 0.1) is 23.7 Å². The molecule has 0 radical (unpaired) electrons. The molecule has 3 aromatic rings. The zero-order valence-corrected chi connectivity index (χ0v) is 15.1. The van der Waals surface area contributed by atoms with Crippen LogP contribution < -0.4 is 15.6 Å². The smallest absolute Gasteiger partial charge is 0.261 e. The SMILES string of the molecule is COc1ccc(C)cc1NC(=O)CCc1nc2ccccc2c(=O)n1C.